The first kappa shape index (κ1) is 15.9. The Labute approximate surface area is 146 Å². The van der Waals surface area contributed by atoms with Crippen LogP contribution in [0.15, 0.2) is 30.6 Å². The third-order valence-corrected chi connectivity index (χ3v) is 5.18. The van der Waals surface area contributed by atoms with Crippen molar-refractivity contribution in [1.82, 2.24) is 15.3 Å². The molecule has 2 aliphatic rings. The van der Waals surface area contributed by atoms with Gasteiger partial charge in [-0.1, -0.05) is 17.7 Å². The maximum atomic E-state index is 12.6. The van der Waals surface area contributed by atoms with Crippen LogP contribution in [0.5, 0.6) is 0 Å². The Balaban J connectivity index is 1.38. The number of carbonyl (C=O) groups excluding carboxylic acids is 2. The molecule has 2 N–H and O–H groups in total. The van der Waals surface area contributed by atoms with Crippen LogP contribution in [-0.4, -0.2) is 34.4 Å². The van der Waals surface area contributed by atoms with Gasteiger partial charge in [-0.15, -0.1) is 0 Å². The highest BCUT2D eigenvalue weighted by molar-refractivity contribution is 5.97. The van der Waals surface area contributed by atoms with E-state index in [1.165, 1.54) is 0 Å². The van der Waals surface area contributed by atoms with Crippen LogP contribution in [-0.2, 0) is 22.4 Å². The summed E-state index contributed by atoms with van der Waals surface area (Å²) in [6.45, 7) is 2.56. The summed E-state index contributed by atoms with van der Waals surface area (Å²) < 4.78 is 0. The van der Waals surface area contributed by atoms with Crippen molar-refractivity contribution in [2.75, 3.05) is 11.4 Å². The van der Waals surface area contributed by atoms with Crippen molar-refractivity contribution >= 4 is 17.5 Å². The van der Waals surface area contributed by atoms with E-state index in [1.54, 1.807) is 11.2 Å². The van der Waals surface area contributed by atoms with Gasteiger partial charge in [-0.3, -0.25) is 9.59 Å². The third-order valence-electron chi connectivity index (χ3n) is 5.18. The minimum atomic E-state index is -0.121. The molecule has 6 nitrogen and oxygen atoms in total. The number of anilines is 1. The maximum Gasteiger partial charge on any atom is 0.229 e. The van der Waals surface area contributed by atoms with E-state index in [0.29, 0.717) is 19.4 Å². The van der Waals surface area contributed by atoms with Crippen molar-refractivity contribution in [1.29, 1.82) is 0 Å². The number of carbonyl (C=O) groups is 2. The summed E-state index contributed by atoms with van der Waals surface area (Å²) in [6.07, 6.45) is 4.40. The van der Waals surface area contributed by atoms with Gasteiger partial charge in [0.25, 0.3) is 0 Å². The van der Waals surface area contributed by atoms with Gasteiger partial charge >= 0.3 is 0 Å². The number of hydrogen-bond donors (Lipinski definition) is 2. The molecule has 1 aliphatic carbocycles. The molecule has 25 heavy (non-hydrogen) atoms. The highest BCUT2D eigenvalue weighted by atomic mass is 16.2. The van der Waals surface area contributed by atoms with Crippen LogP contribution in [0, 0.1) is 12.8 Å². The predicted octanol–water partition coefficient (Wildman–Crippen LogP) is 1.74. The van der Waals surface area contributed by atoms with Crippen LogP contribution in [0.1, 0.15) is 29.8 Å². The summed E-state index contributed by atoms with van der Waals surface area (Å²) in [5.74, 6) is 0.0638. The first-order valence-corrected chi connectivity index (χ1v) is 8.78. The van der Waals surface area contributed by atoms with Gasteiger partial charge < -0.3 is 15.2 Å². The van der Waals surface area contributed by atoms with Gasteiger partial charge in [0.1, 0.15) is 0 Å². The Morgan fingerprint density at radius 1 is 1.28 bits per heavy atom. The first-order chi connectivity index (χ1) is 12.1. The molecular weight excluding hydrogens is 316 g/mol. The maximum absolute atomic E-state index is 12.6. The van der Waals surface area contributed by atoms with E-state index in [2.05, 4.69) is 15.3 Å². The Bertz CT molecular complexity index is 796. The number of nitrogens with one attached hydrogen (secondary N) is 2. The number of amides is 2. The van der Waals surface area contributed by atoms with E-state index in [0.717, 1.165) is 35.5 Å². The number of H-pyrrole nitrogens is 1. The van der Waals surface area contributed by atoms with Crippen LogP contribution in [0.25, 0.3) is 0 Å². The van der Waals surface area contributed by atoms with Crippen molar-refractivity contribution in [3.05, 3.63) is 47.5 Å². The zero-order valence-corrected chi connectivity index (χ0v) is 14.3. The van der Waals surface area contributed by atoms with Crippen LogP contribution in [0.4, 0.5) is 5.69 Å². The SMILES string of the molecule is Cc1ccc(N2C[C@@H](NC(=O)[C@@H]3CCc4nc[nH]c4C3)CC2=O)cc1. The van der Waals surface area contributed by atoms with Gasteiger partial charge in [0.05, 0.1) is 18.1 Å². The molecule has 1 saturated heterocycles. The molecule has 2 aromatic rings. The number of fused-ring (bicyclic) bond motifs is 1. The standard InChI is InChI=1S/C19H22N4O2/c1-12-2-5-15(6-3-12)23-10-14(9-18(23)24)22-19(25)13-4-7-16-17(8-13)21-11-20-16/h2-3,5-6,11,13-14H,4,7-10H2,1H3,(H,20,21)(H,22,25)/t13-,14+/m1/s1. The number of rotatable bonds is 3. The number of aromatic nitrogens is 2. The Hall–Kier alpha value is -2.63. The minimum Gasteiger partial charge on any atom is -0.351 e. The molecule has 0 bridgehead atoms. The smallest absolute Gasteiger partial charge is 0.229 e. The lowest BCUT2D eigenvalue weighted by Gasteiger charge is -2.23. The monoisotopic (exact) mass is 338 g/mol. The van der Waals surface area contributed by atoms with Crippen LogP contribution < -0.4 is 10.2 Å². The summed E-state index contributed by atoms with van der Waals surface area (Å²) in [7, 11) is 0. The quantitative estimate of drug-likeness (QED) is 0.895. The zero-order chi connectivity index (χ0) is 17.4. The minimum absolute atomic E-state index is 0.0449. The van der Waals surface area contributed by atoms with E-state index in [1.807, 2.05) is 31.2 Å². The van der Waals surface area contributed by atoms with Gasteiger partial charge in [-0.05, 0) is 31.9 Å². The highest BCUT2D eigenvalue weighted by Gasteiger charge is 2.34. The number of aryl methyl sites for hydroxylation is 2. The summed E-state index contributed by atoms with van der Waals surface area (Å²) in [5, 5.41) is 3.08. The first-order valence-electron chi connectivity index (χ1n) is 8.78. The average molecular weight is 338 g/mol. The number of hydrogen-bond acceptors (Lipinski definition) is 3. The molecule has 2 heterocycles. The number of aromatic amines is 1. The average Bonchev–Trinajstić information content (AvgIpc) is 3.21. The van der Waals surface area contributed by atoms with Gasteiger partial charge in [0, 0.05) is 36.7 Å². The fraction of sp³-hybridized carbons (Fsp3) is 0.421. The van der Waals surface area contributed by atoms with Crippen molar-refractivity contribution in [2.24, 2.45) is 5.92 Å². The summed E-state index contributed by atoms with van der Waals surface area (Å²) in [5.41, 5.74) is 4.20. The largest absolute Gasteiger partial charge is 0.351 e. The molecule has 1 fully saturated rings. The third kappa shape index (κ3) is 3.16. The Morgan fingerprint density at radius 2 is 2.08 bits per heavy atom. The zero-order valence-electron chi connectivity index (χ0n) is 14.3. The second kappa shape index (κ2) is 6.35. The van der Waals surface area contributed by atoms with Gasteiger partial charge in [0.2, 0.25) is 11.8 Å². The number of imidazole rings is 1. The van der Waals surface area contributed by atoms with E-state index in [4.69, 9.17) is 0 Å². The number of nitrogens with zero attached hydrogens (tertiary/aromatic N) is 2. The molecule has 6 heteroatoms. The van der Waals surface area contributed by atoms with Gasteiger partial charge in [-0.2, -0.15) is 0 Å². The van der Waals surface area contributed by atoms with E-state index >= 15 is 0 Å². The van der Waals surface area contributed by atoms with Crippen LogP contribution in [0.2, 0.25) is 0 Å². The lowest BCUT2D eigenvalue weighted by Crippen LogP contribution is -2.42. The van der Waals surface area contributed by atoms with Gasteiger partial charge in [-0.25, -0.2) is 4.98 Å². The van der Waals surface area contributed by atoms with Gasteiger partial charge in [0.15, 0.2) is 0 Å². The highest BCUT2D eigenvalue weighted by Crippen LogP contribution is 2.25. The molecular formula is C19H22N4O2. The predicted molar refractivity (Wildman–Crippen MR) is 94.2 cm³/mol. The summed E-state index contributed by atoms with van der Waals surface area (Å²) in [6, 6.07) is 7.79. The molecule has 4 rings (SSSR count). The molecule has 2 amide bonds. The fourth-order valence-electron chi connectivity index (χ4n) is 3.72. The number of benzene rings is 1. The fourth-order valence-corrected chi connectivity index (χ4v) is 3.72. The molecule has 0 unspecified atom stereocenters. The molecule has 1 aliphatic heterocycles. The molecule has 0 radical (unpaired) electrons. The van der Waals surface area contributed by atoms with Crippen LogP contribution in [0.3, 0.4) is 0 Å². The summed E-state index contributed by atoms with van der Waals surface area (Å²) >= 11 is 0. The molecule has 0 saturated carbocycles. The molecule has 1 aromatic heterocycles. The molecule has 130 valence electrons. The van der Waals surface area contributed by atoms with E-state index in [9.17, 15) is 9.59 Å². The molecule has 0 spiro atoms. The molecule has 2 atom stereocenters. The van der Waals surface area contributed by atoms with Crippen molar-refractivity contribution in [3.8, 4) is 0 Å². The second-order valence-corrected chi connectivity index (χ2v) is 7.02. The normalized spacial score (nSPS) is 22.8. The lowest BCUT2D eigenvalue weighted by molar-refractivity contribution is -0.126. The van der Waals surface area contributed by atoms with Crippen molar-refractivity contribution < 1.29 is 9.59 Å². The van der Waals surface area contributed by atoms with E-state index in [-0.39, 0.29) is 23.8 Å². The van der Waals surface area contributed by atoms with E-state index < -0.39 is 0 Å². The Kier molecular flexibility index (Phi) is 4.03. The van der Waals surface area contributed by atoms with Crippen molar-refractivity contribution in [2.45, 2.75) is 38.6 Å². The Morgan fingerprint density at radius 3 is 2.88 bits per heavy atom. The van der Waals surface area contributed by atoms with Crippen LogP contribution >= 0.6 is 0 Å². The van der Waals surface area contributed by atoms with Crippen molar-refractivity contribution in [3.63, 3.8) is 0 Å². The second-order valence-electron chi connectivity index (χ2n) is 7.02. The topological polar surface area (TPSA) is 78.1 Å². The lowest BCUT2D eigenvalue weighted by atomic mass is 9.89. The summed E-state index contributed by atoms with van der Waals surface area (Å²) in [4.78, 5) is 34.1. The molecule has 1 aromatic carbocycles.